The summed E-state index contributed by atoms with van der Waals surface area (Å²) in [5.41, 5.74) is 0. The SMILES string of the molecule is CNC(C1CCOC1)C(OC)C1CCCCC1. The van der Waals surface area contributed by atoms with Crippen molar-refractivity contribution in [3.63, 3.8) is 0 Å². The molecule has 1 aliphatic heterocycles. The largest absolute Gasteiger partial charge is 0.381 e. The topological polar surface area (TPSA) is 30.5 Å². The molecule has 1 N–H and O–H groups in total. The monoisotopic (exact) mass is 241 g/mol. The molecule has 2 aliphatic rings. The fraction of sp³-hybridized carbons (Fsp3) is 1.00. The van der Waals surface area contributed by atoms with E-state index in [1.165, 1.54) is 38.5 Å². The van der Waals surface area contributed by atoms with Gasteiger partial charge in [0.05, 0.1) is 12.7 Å². The van der Waals surface area contributed by atoms with Crippen LogP contribution in [0, 0.1) is 11.8 Å². The van der Waals surface area contributed by atoms with Crippen molar-refractivity contribution in [2.75, 3.05) is 27.4 Å². The van der Waals surface area contributed by atoms with Gasteiger partial charge in [0.25, 0.3) is 0 Å². The van der Waals surface area contributed by atoms with Gasteiger partial charge in [-0.1, -0.05) is 19.3 Å². The molecular formula is C14H27NO2. The second kappa shape index (κ2) is 6.72. The molecule has 0 aromatic heterocycles. The Balaban J connectivity index is 1.97. The van der Waals surface area contributed by atoms with Crippen LogP contribution in [0.3, 0.4) is 0 Å². The maximum atomic E-state index is 5.84. The number of hydrogen-bond donors (Lipinski definition) is 1. The van der Waals surface area contributed by atoms with E-state index in [1.807, 2.05) is 7.11 Å². The fourth-order valence-corrected chi connectivity index (χ4v) is 3.60. The molecule has 2 rings (SSSR count). The summed E-state index contributed by atoms with van der Waals surface area (Å²) in [4.78, 5) is 0. The van der Waals surface area contributed by atoms with Crippen LogP contribution in [-0.2, 0) is 9.47 Å². The van der Waals surface area contributed by atoms with Crippen molar-refractivity contribution in [1.29, 1.82) is 0 Å². The Labute approximate surface area is 105 Å². The van der Waals surface area contributed by atoms with Crippen LogP contribution in [-0.4, -0.2) is 39.5 Å². The second-order valence-electron chi connectivity index (χ2n) is 5.54. The third-order valence-electron chi connectivity index (χ3n) is 4.55. The van der Waals surface area contributed by atoms with Crippen molar-refractivity contribution in [3.05, 3.63) is 0 Å². The van der Waals surface area contributed by atoms with Gasteiger partial charge in [-0.3, -0.25) is 0 Å². The molecule has 0 radical (unpaired) electrons. The molecule has 3 atom stereocenters. The number of nitrogens with one attached hydrogen (secondary N) is 1. The molecular weight excluding hydrogens is 214 g/mol. The lowest BCUT2D eigenvalue weighted by Gasteiger charge is -2.37. The maximum absolute atomic E-state index is 5.84. The van der Waals surface area contributed by atoms with Crippen LogP contribution in [0.1, 0.15) is 38.5 Å². The summed E-state index contributed by atoms with van der Waals surface area (Å²) in [5, 5.41) is 3.49. The molecule has 3 nitrogen and oxygen atoms in total. The van der Waals surface area contributed by atoms with Gasteiger partial charge in [0.1, 0.15) is 0 Å². The molecule has 2 fully saturated rings. The lowest BCUT2D eigenvalue weighted by Crippen LogP contribution is -2.48. The van der Waals surface area contributed by atoms with Gasteiger partial charge in [0, 0.05) is 25.7 Å². The normalized spacial score (nSPS) is 30.4. The quantitative estimate of drug-likeness (QED) is 0.800. The molecule has 0 bridgehead atoms. The first-order valence-electron chi connectivity index (χ1n) is 7.14. The molecule has 3 unspecified atom stereocenters. The zero-order chi connectivity index (χ0) is 12.1. The molecule has 0 spiro atoms. The van der Waals surface area contributed by atoms with Crippen LogP contribution in [0.25, 0.3) is 0 Å². The second-order valence-corrected chi connectivity index (χ2v) is 5.54. The molecule has 1 heterocycles. The minimum absolute atomic E-state index is 0.368. The highest BCUT2D eigenvalue weighted by molar-refractivity contribution is 4.89. The van der Waals surface area contributed by atoms with Crippen LogP contribution in [0.15, 0.2) is 0 Å². The summed E-state index contributed by atoms with van der Waals surface area (Å²) in [5.74, 6) is 1.37. The first-order chi connectivity index (χ1) is 8.36. The predicted octanol–water partition coefficient (Wildman–Crippen LogP) is 2.21. The van der Waals surface area contributed by atoms with E-state index >= 15 is 0 Å². The molecule has 0 aromatic carbocycles. The predicted molar refractivity (Wildman–Crippen MR) is 69.1 cm³/mol. The molecule has 1 aliphatic carbocycles. The smallest absolute Gasteiger partial charge is 0.0755 e. The molecule has 3 heteroatoms. The van der Waals surface area contributed by atoms with E-state index in [0.29, 0.717) is 18.1 Å². The van der Waals surface area contributed by atoms with Crippen molar-refractivity contribution in [2.24, 2.45) is 11.8 Å². The summed E-state index contributed by atoms with van der Waals surface area (Å²) in [6, 6.07) is 0.464. The summed E-state index contributed by atoms with van der Waals surface area (Å²) in [6.07, 6.45) is 8.38. The molecule has 1 saturated heterocycles. The Morgan fingerprint density at radius 1 is 1.12 bits per heavy atom. The minimum Gasteiger partial charge on any atom is -0.381 e. The average Bonchev–Trinajstić information content (AvgIpc) is 2.90. The Kier molecular flexibility index (Phi) is 5.26. The lowest BCUT2D eigenvalue weighted by atomic mass is 9.79. The van der Waals surface area contributed by atoms with Crippen LogP contribution in [0.4, 0.5) is 0 Å². The number of likely N-dealkylation sites (N-methyl/N-ethyl adjacent to an activating group) is 1. The van der Waals surface area contributed by atoms with E-state index in [9.17, 15) is 0 Å². The van der Waals surface area contributed by atoms with Crippen molar-refractivity contribution in [1.82, 2.24) is 5.32 Å². The van der Waals surface area contributed by atoms with Gasteiger partial charge in [-0.25, -0.2) is 0 Å². The van der Waals surface area contributed by atoms with Gasteiger partial charge in [0.2, 0.25) is 0 Å². The fourth-order valence-electron chi connectivity index (χ4n) is 3.60. The molecule has 17 heavy (non-hydrogen) atoms. The summed E-state index contributed by atoms with van der Waals surface area (Å²) < 4.78 is 11.4. The highest BCUT2D eigenvalue weighted by atomic mass is 16.5. The van der Waals surface area contributed by atoms with E-state index in [-0.39, 0.29) is 0 Å². The van der Waals surface area contributed by atoms with Gasteiger partial charge in [-0.05, 0) is 32.2 Å². The van der Waals surface area contributed by atoms with E-state index in [2.05, 4.69) is 12.4 Å². The summed E-state index contributed by atoms with van der Waals surface area (Å²) in [6.45, 7) is 1.82. The molecule has 100 valence electrons. The average molecular weight is 241 g/mol. The highest BCUT2D eigenvalue weighted by Crippen LogP contribution is 2.32. The van der Waals surface area contributed by atoms with Crippen LogP contribution >= 0.6 is 0 Å². The maximum Gasteiger partial charge on any atom is 0.0755 e. The molecule has 0 aromatic rings. The Morgan fingerprint density at radius 3 is 2.41 bits per heavy atom. The van der Waals surface area contributed by atoms with Crippen molar-refractivity contribution >= 4 is 0 Å². The van der Waals surface area contributed by atoms with Crippen molar-refractivity contribution in [2.45, 2.75) is 50.7 Å². The van der Waals surface area contributed by atoms with Crippen LogP contribution < -0.4 is 5.32 Å². The van der Waals surface area contributed by atoms with Gasteiger partial charge in [-0.15, -0.1) is 0 Å². The number of ether oxygens (including phenoxy) is 2. The zero-order valence-corrected chi connectivity index (χ0v) is 11.3. The Bertz CT molecular complexity index is 210. The highest BCUT2D eigenvalue weighted by Gasteiger charge is 2.36. The van der Waals surface area contributed by atoms with Crippen LogP contribution in [0.5, 0.6) is 0 Å². The lowest BCUT2D eigenvalue weighted by molar-refractivity contribution is -0.00702. The number of hydrogen-bond acceptors (Lipinski definition) is 3. The zero-order valence-electron chi connectivity index (χ0n) is 11.3. The standard InChI is InChI=1S/C14H27NO2/c1-15-13(12-8-9-17-10-12)14(16-2)11-6-4-3-5-7-11/h11-15H,3-10H2,1-2H3. The minimum atomic E-state index is 0.368. The first-order valence-corrected chi connectivity index (χ1v) is 7.14. The van der Waals surface area contributed by atoms with Crippen LogP contribution in [0.2, 0.25) is 0 Å². The summed E-state index contributed by atoms with van der Waals surface area (Å²) >= 11 is 0. The van der Waals surface area contributed by atoms with E-state index < -0.39 is 0 Å². The van der Waals surface area contributed by atoms with Crippen molar-refractivity contribution < 1.29 is 9.47 Å². The molecule has 1 saturated carbocycles. The van der Waals surface area contributed by atoms with Gasteiger partial charge in [-0.2, -0.15) is 0 Å². The first kappa shape index (κ1) is 13.3. The Morgan fingerprint density at radius 2 is 1.88 bits per heavy atom. The van der Waals surface area contributed by atoms with Gasteiger partial charge in [0.15, 0.2) is 0 Å². The summed E-state index contributed by atoms with van der Waals surface area (Å²) in [7, 11) is 3.94. The Hall–Kier alpha value is -0.120. The third-order valence-corrected chi connectivity index (χ3v) is 4.55. The number of rotatable bonds is 5. The van der Waals surface area contributed by atoms with E-state index in [0.717, 1.165) is 19.1 Å². The van der Waals surface area contributed by atoms with Gasteiger partial charge >= 0.3 is 0 Å². The van der Waals surface area contributed by atoms with E-state index in [4.69, 9.17) is 9.47 Å². The third kappa shape index (κ3) is 3.21. The van der Waals surface area contributed by atoms with Crippen molar-refractivity contribution in [3.8, 4) is 0 Å². The molecule has 0 amide bonds. The van der Waals surface area contributed by atoms with E-state index in [1.54, 1.807) is 0 Å². The number of methoxy groups -OCH3 is 1. The van der Waals surface area contributed by atoms with Gasteiger partial charge < -0.3 is 14.8 Å².